The number of nitrogens with zero attached hydrogens (tertiary/aromatic N) is 1. The first kappa shape index (κ1) is 12.7. The Bertz CT molecular complexity index is 707. The lowest BCUT2D eigenvalue weighted by Crippen LogP contribution is -2.08. The quantitative estimate of drug-likeness (QED) is 0.833. The molecule has 0 aliphatic carbocycles. The molecule has 0 saturated carbocycles. The van der Waals surface area contributed by atoms with Crippen molar-refractivity contribution < 1.29 is 18.1 Å². The maximum absolute atomic E-state index is 10.9. The molecule has 2 aromatic carbocycles. The molecule has 0 bridgehead atoms. The molecule has 0 spiro atoms. The average Bonchev–Trinajstić information content (AvgIpc) is 2.27. The van der Waals surface area contributed by atoms with Crippen LogP contribution in [0.25, 0.3) is 10.8 Å². The molecule has 1 N–H and O–H groups in total. The molecule has 0 atom stereocenters. The lowest BCUT2D eigenvalue weighted by atomic mass is 10.1. The van der Waals surface area contributed by atoms with Crippen LogP contribution in [0.15, 0.2) is 35.2 Å². The van der Waals surface area contributed by atoms with Crippen LogP contribution in [-0.4, -0.2) is 32.2 Å². The van der Waals surface area contributed by atoms with Gasteiger partial charge in [-0.25, -0.2) is 8.42 Å². The van der Waals surface area contributed by atoms with Gasteiger partial charge in [-0.05, 0) is 29.7 Å². The summed E-state index contributed by atoms with van der Waals surface area (Å²) < 4.78 is 32.8. The molecule has 0 unspecified atom stereocenters. The molecule has 96 valence electrons. The Hall–Kier alpha value is -1.79. The second kappa shape index (κ2) is 4.15. The number of benzene rings is 2. The van der Waals surface area contributed by atoms with Crippen molar-refractivity contribution in [2.45, 2.75) is 4.90 Å². The average molecular weight is 266 g/mol. The zero-order valence-corrected chi connectivity index (χ0v) is 10.7. The Morgan fingerprint density at radius 3 is 2.39 bits per heavy atom. The lowest BCUT2D eigenvalue weighted by molar-refractivity contribution is 0.458. The first-order valence-electron chi connectivity index (χ1n) is 5.19. The normalized spacial score (nSPS) is 11.7. The highest BCUT2D eigenvalue weighted by molar-refractivity contribution is 7.85. The van der Waals surface area contributed by atoms with Gasteiger partial charge >= 0.3 is 0 Å². The number of hydrogen-bond donors (Lipinski definition) is 1. The van der Waals surface area contributed by atoms with E-state index in [4.69, 9.17) is 0 Å². The van der Waals surface area contributed by atoms with Crippen molar-refractivity contribution in [1.82, 2.24) is 0 Å². The number of phenolic OH excluding ortho intramolecular Hbond substituents is 1. The maximum atomic E-state index is 10.9. The molecule has 0 radical (unpaired) electrons. The Morgan fingerprint density at radius 2 is 1.83 bits per heavy atom. The Morgan fingerprint density at radius 1 is 1.17 bits per heavy atom. The van der Waals surface area contributed by atoms with E-state index in [2.05, 4.69) is 0 Å². The lowest BCUT2D eigenvalue weighted by Gasteiger charge is -2.15. The van der Waals surface area contributed by atoms with Crippen molar-refractivity contribution in [2.75, 3.05) is 19.0 Å². The Balaban J connectivity index is 2.74. The van der Waals surface area contributed by atoms with Crippen LogP contribution in [0.5, 0.6) is 5.75 Å². The minimum absolute atomic E-state index is 0.217. The molecule has 0 saturated heterocycles. The highest BCUT2D eigenvalue weighted by Crippen LogP contribution is 2.31. The minimum atomic E-state index is -4.56. The predicted molar refractivity (Wildman–Crippen MR) is 67.9 cm³/mol. The fourth-order valence-electron chi connectivity index (χ4n) is 1.72. The van der Waals surface area contributed by atoms with Crippen molar-refractivity contribution in [1.29, 1.82) is 0 Å². The summed E-state index contributed by atoms with van der Waals surface area (Å²) in [6.45, 7) is 0. The first-order chi connectivity index (χ1) is 8.29. The van der Waals surface area contributed by atoms with E-state index in [1.54, 1.807) is 18.2 Å². The summed E-state index contributed by atoms with van der Waals surface area (Å²) in [7, 11) is -0.852. The number of hydrogen-bond acceptors (Lipinski definition) is 5. The fraction of sp³-hybridized carbons (Fsp3) is 0.167. The molecule has 0 aromatic heterocycles. The summed E-state index contributed by atoms with van der Waals surface area (Å²) in [5.41, 5.74) is 0.871. The van der Waals surface area contributed by atoms with Crippen LogP contribution in [0.1, 0.15) is 0 Å². The highest BCUT2D eigenvalue weighted by Gasteiger charge is 2.08. The number of aromatic hydroxyl groups is 1. The van der Waals surface area contributed by atoms with Gasteiger partial charge in [-0.2, -0.15) is 0 Å². The van der Waals surface area contributed by atoms with Gasteiger partial charge < -0.3 is 14.6 Å². The topological polar surface area (TPSA) is 80.7 Å². The molecule has 0 aliphatic rings. The molecular weight excluding hydrogens is 254 g/mol. The zero-order valence-electron chi connectivity index (χ0n) is 9.91. The Labute approximate surface area is 105 Å². The van der Waals surface area contributed by atoms with E-state index >= 15 is 0 Å². The molecule has 0 heterocycles. The van der Waals surface area contributed by atoms with Gasteiger partial charge in [0.05, 0.1) is 4.90 Å². The second-order valence-corrected chi connectivity index (χ2v) is 5.58. The van der Waals surface area contributed by atoms with Crippen molar-refractivity contribution in [3.05, 3.63) is 30.3 Å². The SMILES string of the molecule is CN(C)c1ccc2cc(S(=O)(=O)[O-])cc(O)c2c1. The summed E-state index contributed by atoms with van der Waals surface area (Å²) in [4.78, 5) is 1.43. The molecule has 0 fully saturated rings. The molecule has 2 rings (SSSR count). The highest BCUT2D eigenvalue weighted by atomic mass is 32.2. The van der Waals surface area contributed by atoms with Gasteiger partial charge in [0.15, 0.2) is 0 Å². The van der Waals surface area contributed by atoms with Gasteiger partial charge in [0.2, 0.25) is 0 Å². The predicted octanol–water partition coefficient (Wildman–Crippen LogP) is 1.52. The van der Waals surface area contributed by atoms with Crippen LogP contribution < -0.4 is 4.90 Å². The Kier molecular flexibility index (Phi) is 2.92. The summed E-state index contributed by atoms with van der Waals surface area (Å²) in [6.07, 6.45) is 0. The third-order valence-corrected chi connectivity index (χ3v) is 3.51. The fourth-order valence-corrected chi connectivity index (χ4v) is 2.25. The largest absolute Gasteiger partial charge is 0.744 e. The van der Waals surface area contributed by atoms with E-state index in [0.29, 0.717) is 10.8 Å². The summed E-state index contributed by atoms with van der Waals surface area (Å²) >= 11 is 0. The smallest absolute Gasteiger partial charge is 0.124 e. The van der Waals surface area contributed by atoms with Gasteiger partial charge in [0, 0.05) is 25.2 Å². The molecule has 0 amide bonds. The van der Waals surface area contributed by atoms with Crippen LogP contribution in [0.3, 0.4) is 0 Å². The standard InChI is InChI=1S/C12H13NO4S/c1-13(2)9-4-3-8-5-10(18(15,16)17)7-12(14)11(8)6-9/h3-7,14H,1-2H3,(H,15,16,17)/p-1. The third kappa shape index (κ3) is 2.25. The number of fused-ring (bicyclic) bond motifs is 1. The van der Waals surface area contributed by atoms with Crippen molar-refractivity contribution >= 4 is 26.6 Å². The van der Waals surface area contributed by atoms with Crippen LogP contribution in [0.2, 0.25) is 0 Å². The molecule has 5 nitrogen and oxygen atoms in total. The summed E-state index contributed by atoms with van der Waals surface area (Å²) in [5, 5.41) is 10.8. The van der Waals surface area contributed by atoms with Gasteiger partial charge in [0.1, 0.15) is 15.9 Å². The van der Waals surface area contributed by atoms with E-state index in [1.165, 1.54) is 6.07 Å². The number of phenols is 1. The first-order valence-corrected chi connectivity index (χ1v) is 6.60. The van der Waals surface area contributed by atoms with Gasteiger partial charge in [-0.1, -0.05) is 6.07 Å². The van der Waals surface area contributed by atoms with Gasteiger partial charge in [-0.15, -0.1) is 0 Å². The van der Waals surface area contributed by atoms with Crippen LogP contribution in [0.4, 0.5) is 5.69 Å². The van der Waals surface area contributed by atoms with Gasteiger partial charge in [-0.3, -0.25) is 0 Å². The molecular formula is C12H12NO4S-. The monoisotopic (exact) mass is 266 g/mol. The molecule has 6 heteroatoms. The maximum Gasteiger partial charge on any atom is 0.124 e. The van der Waals surface area contributed by atoms with E-state index in [1.807, 2.05) is 19.0 Å². The summed E-state index contributed by atoms with van der Waals surface area (Å²) in [5.74, 6) is -0.217. The summed E-state index contributed by atoms with van der Waals surface area (Å²) in [6, 6.07) is 7.41. The van der Waals surface area contributed by atoms with Gasteiger partial charge in [0.25, 0.3) is 0 Å². The second-order valence-electron chi connectivity index (χ2n) is 4.20. The van der Waals surface area contributed by atoms with Crippen molar-refractivity contribution in [3.63, 3.8) is 0 Å². The van der Waals surface area contributed by atoms with Crippen LogP contribution in [-0.2, 0) is 10.1 Å². The van der Waals surface area contributed by atoms with Crippen molar-refractivity contribution in [2.24, 2.45) is 0 Å². The minimum Gasteiger partial charge on any atom is -0.744 e. The van der Waals surface area contributed by atoms with E-state index in [-0.39, 0.29) is 5.75 Å². The van der Waals surface area contributed by atoms with E-state index in [0.717, 1.165) is 11.8 Å². The van der Waals surface area contributed by atoms with Crippen LogP contribution in [0, 0.1) is 0 Å². The molecule has 0 aliphatic heterocycles. The molecule has 18 heavy (non-hydrogen) atoms. The van der Waals surface area contributed by atoms with Crippen molar-refractivity contribution in [3.8, 4) is 5.75 Å². The van der Waals surface area contributed by atoms with E-state index < -0.39 is 15.0 Å². The van der Waals surface area contributed by atoms with Crippen LogP contribution >= 0.6 is 0 Å². The number of anilines is 1. The zero-order chi connectivity index (χ0) is 13.5. The molecule has 2 aromatic rings. The third-order valence-electron chi connectivity index (χ3n) is 2.69. The number of rotatable bonds is 2. The van der Waals surface area contributed by atoms with E-state index in [9.17, 15) is 18.1 Å².